The maximum Gasteiger partial charge on any atom is 0.409 e. The highest BCUT2D eigenvalue weighted by Gasteiger charge is 2.32. The third kappa shape index (κ3) is 6.20. The Morgan fingerprint density at radius 2 is 2.03 bits per heavy atom. The topological polar surface area (TPSA) is 178 Å². The molecular weight excluding hydrogens is 470 g/mol. The van der Waals surface area contributed by atoms with Gasteiger partial charge in [-0.05, 0) is 37.5 Å². The second-order valence-electron chi connectivity index (χ2n) is 8.97. The molecule has 0 spiro atoms. The molecule has 1 aliphatic carbocycles. The minimum absolute atomic E-state index is 0.0811. The van der Waals surface area contributed by atoms with Gasteiger partial charge in [0.1, 0.15) is 18.4 Å². The van der Waals surface area contributed by atoms with Crippen molar-refractivity contribution in [2.24, 2.45) is 5.92 Å². The molecule has 2 aromatic heterocycles. The van der Waals surface area contributed by atoms with Gasteiger partial charge in [-0.25, -0.2) is 19.7 Å². The zero-order valence-electron chi connectivity index (χ0n) is 20.1. The van der Waals surface area contributed by atoms with Crippen molar-refractivity contribution < 1.29 is 29.3 Å². The van der Waals surface area contributed by atoms with E-state index in [1.807, 2.05) is 0 Å². The second kappa shape index (κ2) is 11.5. The minimum Gasteiger partial charge on any atom is -0.453 e. The lowest BCUT2D eigenvalue weighted by Crippen LogP contribution is -2.46. The number of hydrogen-bond donors (Lipinski definition) is 4. The van der Waals surface area contributed by atoms with Gasteiger partial charge in [0.15, 0.2) is 17.6 Å². The van der Waals surface area contributed by atoms with E-state index in [9.17, 15) is 19.8 Å². The molecule has 194 valence electrons. The molecule has 2 aliphatic rings. The molecule has 0 aromatic carbocycles. The Bertz CT molecular complexity index is 1150. The van der Waals surface area contributed by atoms with Crippen LogP contribution in [0.3, 0.4) is 0 Å². The third-order valence-corrected chi connectivity index (χ3v) is 6.24. The Morgan fingerprint density at radius 3 is 2.69 bits per heavy atom. The number of aliphatic hydroxyl groups excluding tert-OH is 2. The van der Waals surface area contributed by atoms with Crippen LogP contribution in [-0.2, 0) is 21.0 Å². The summed E-state index contributed by atoms with van der Waals surface area (Å²) in [6.07, 6.45) is 2.59. The molecule has 2 aromatic rings. The van der Waals surface area contributed by atoms with Gasteiger partial charge in [-0.2, -0.15) is 0 Å². The van der Waals surface area contributed by atoms with Gasteiger partial charge in [-0.15, -0.1) is 0 Å². The van der Waals surface area contributed by atoms with Crippen molar-refractivity contribution in [2.75, 3.05) is 32.5 Å². The number of imidazole rings is 1. The van der Waals surface area contributed by atoms with Gasteiger partial charge in [0.25, 0.3) is 5.91 Å². The molecule has 36 heavy (non-hydrogen) atoms. The summed E-state index contributed by atoms with van der Waals surface area (Å²) in [5.74, 6) is 6.32. The highest BCUT2D eigenvalue weighted by molar-refractivity contribution is 5.82. The Hall–Kier alpha value is -3.47. The van der Waals surface area contributed by atoms with Crippen LogP contribution in [0, 0.1) is 17.8 Å². The van der Waals surface area contributed by atoms with E-state index in [1.165, 1.54) is 18.0 Å². The molecule has 1 saturated carbocycles. The number of aromatic nitrogens is 4. The van der Waals surface area contributed by atoms with Crippen LogP contribution >= 0.6 is 0 Å². The molecule has 2 atom stereocenters. The first-order chi connectivity index (χ1) is 17.4. The van der Waals surface area contributed by atoms with Crippen LogP contribution in [0.4, 0.5) is 10.6 Å². The average Bonchev–Trinajstić information content (AvgIpc) is 3.60. The smallest absolute Gasteiger partial charge is 0.409 e. The lowest BCUT2D eigenvalue weighted by molar-refractivity contribution is -0.147. The van der Waals surface area contributed by atoms with E-state index in [1.54, 1.807) is 4.90 Å². The fourth-order valence-electron chi connectivity index (χ4n) is 3.97. The third-order valence-electron chi connectivity index (χ3n) is 6.24. The number of likely N-dealkylation sites (tertiary alicyclic amines) is 1. The van der Waals surface area contributed by atoms with Gasteiger partial charge in [-0.1, -0.05) is 5.92 Å². The Morgan fingerprint density at radius 1 is 1.28 bits per heavy atom. The number of nitrogen functional groups attached to an aromatic ring is 1. The molecule has 5 N–H and O–H groups in total. The number of fused-ring (bicyclic) bond motifs is 1. The molecule has 0 radical (unpaired) electrons. The number of nitrogens with two attached hydrogens (primary N) is 1. The minimum atomic E-state index is -1.38. The Kier molecular flexibility index (Phi) is 8.19. The number of carbonyl (C=O) groups excluding carboxylic acids is 2. The zero-order chi connectivity index (χ0) is 25.7. The normalized spacial score (nSPS) is 17.8. The lowest BCUT2D eigenvalue weighted by Gasteiger charge is -2.29. The first-order valence-corrected chi connectivity index (χ1v) is 11.9. The number of aliphatic hydroxyl groups is 2. The van der Waals surface area contributed by atoms with Crippen molar-refractivity contribution in [2.45, 2.75) is 57.1 Å². The van der Waals surface area contributed by atoms with Crippen LogP contribution in [0.2, 0.25) is 0 Å². The van der Waals surface area contributed by atoms with Crippen molar-refractivity contribution in [1.82, 2.24) is 29.7 Å². The first kappa shape index (κ1) is 25.6. The molecule has 4 rings (SSSR count). The zero-order valence-corrected chi connectivity index (χ0v) is 20.1. The summed E-state index contributed by atoms with van der Waals surface area (Å²) in [6.45, 7) is 0.499. The lowest BCUT2D eigenvalue weighted by atomic mass is 9.94. The van der Waals surface area contributed by atoms with Crippen LogP contribution in [0.15, 0.2) is 6.33 Å². The molecule has 1 saturated heterocycles. The fourth-order valence-corrected chi connectivity index (χ4v) is 3.97. The van der Waals surface area contributed by atoms with Crippen molar-refractivity contribution in [3.8, 4) is 11.8 Å². The van der Waals surface area contributed by atoms with Crippen LogP contribution in [-0.4, -0.2) is 91.7 Å². The monoisotopic (exact) mass is 501 g/mol. The predicted octanol–water partition coefficient (Wildman–Crippen LogP) is -0.397. The molecule has 2 amide bonds. The standard InChI is InChI=1S/C23H31N7O6/c1-35-23(34)29-9-7-14(8-10-29)3-2-4-17-27-20(24)18-21(28-17)30(12-25-18)13-36-19(16(32)11-31)22(33)26-15-5-6-15/h12,14-16,19,31-32H,3,5-11,13H2,1H3,(H,26,33)(H2,24,27,28)/t16?,19-/m0/s1. The molecule has 1 aliphatic heterocycles. The molecule has 2 fully saturated rings. The molecule has 1 unspecified atom stereocenters. The number of methoxy groups -OCH3 is 1. The van der Waals surface area contributed by atoms with Gasteiger partial charge < -0.3 is 35.6 Å². The highest BCUT2D eigenvalue weighted by atomic mass is 16.5. The SMILES string of the molecule is COC(=O)N1CCC(CC#Cc2nc(N)c3ncn(CO[C@H](C(=O)NC4CC4)C(O)CO)c3n2)CC1. The largest absolute Gasteiger partial charge is 0.453 e. The summed E-state index contributed by atoms with van der Waals surface area (Å²) < 4.78 is 11.9. The Labute approximate surface area is 208 Å². The van der Waals surface area contributed by atoms with E-state index in [4.69, 9.17) is 15.2 Å². The maximum atomic E-state index is 12.4. The number of nitrogens with one attached hydrogen (secondary N) is 1. The van der Waals surface area contributed by atoms with Gasteiger partial charge in [-0.3, -0.25) is 9.36 Å². The van der Waals surface area contributed by atoms with Gasteiger partial charge >= 0.3 is 6.09 Å². The van der Waals surface area contributed by atoms with E-state index in [-0.39, 0.29) is 30.5 Å². The summed E-state index contributed by atoms with van der Waals surface area (Å²) in [5, 5.41) is 22.2. The van der Waals surface area contributed by atoms with Crippen LogP contribution in [0.1, 0.15) is 37.9 Å². The van der Waals surface area contributed by atoms with Crippen molar-refractivity contribution >= 4 is 29.0 Å². The van der Waals surface area contributed by atoms with E-state index >= 15 is 0 Å². The summed E-state index contributed by atoms with van der Waals surface area (Å²) in [7, 11) is 1.38. The first-order valence-electron chi connectivity index (χ1n) is 11.9. The molecule has 3 heterocycles. The number of anilines is 1. The summed E-state index contributed by atoms with van der Waals surface area (Å²) in [4.78, 5) is 38.6. The fraction of sp³-hybridized carbons (Fsp3) is 0.609. The summed E-state index contributed by atoms with van der Waals surface area (Å²) in [6, 6.07) is 0.0811. The van der Waals surface area contributed by atoms with Gasteiger partial charge in [0, 0.05) is 25.6 Å². The molecule has 0 bridgehead atoms. The van der Waals surface area contributed by atoms with Crippen molar-refractivity contribution in [3.05, 3.63) is 12.2 Å². The number of hydrogen-bond acceptors (Lipinski definition) is 10. The van der Waals surface area contributed by atoms with E-state index in [2.05, 4.69) is 32.1 Å². The number of rotatable bonds is 8. The summed E-state index contributed by atoms with van der Waals surface area (Å²) in [5.41, 5.74) is 6.79. The Balaban J connectivity index is 1.40. The number of nitrogens with zero attached hydrogens (tertiary/aromatic N) is 5. The van der Waals surface area contributed by atoms with Gasteiger partial charge in [0.2, 0.25) is 5.82 Å². The number of piperidine rings is 1. The van der Waals surface area contributed by atoms with Crippen LogP contribution in [0.5, 0.6) is 0 Å². The van der Waals surface area contributed by atoms with E-state index in [0.717, 1.165) is 25.7 Å². The van der Waals surface area contributed by atoms with Crippen LogP contribution in [0.25, 0.3) is 11.2 Å². The predicted molar refractivity (Wildman–Crippen MR) is 127 cm³/mol. The second-order valence-corrected chi connectivity index (χ2v) is 8.97. The van der Waals surface area contributed by atoms with E-state index in [0.29, 0.717) is 36.6 Å². The molecular formula is C23H31N7O6. The molecule has 13 nitrogen and oxygen atoms in total. The number of ether oxygens (including phenoxy) is 2. The quantitative estimate of drug-likeness (QED) is 0.348. The van der Waals surface area contributed by atoms with Crippen LogP contribution < -0.4 is 11.1 Å². The van der Waals surface area contributed by atoms with Crippen molar-refractivity contribution in [3.63, 3.8) is 0 Å². The number of amides is 2. The van der Waals surface area contributed by atoms with Crippen molar-refractivity contribution in [1.29, 1.82) is 0 Å². The average molecular weight is 502 g/mol. The molecule has 13 heteroatoms. The highest BCUT2D eigenvalue weighted by Crippen LogP contribution is 2.21. The van der Waals surface area contributed by atoms with E-state index < -0.39 is 24.7 Å². The summed E-state index contributed by atoms with van der Waals surface area (Å²) >= 11 is 0. The maximum absolute atomic E-state index is 12.4. The van der Waals surface area contributed by atoms with Gasteiger partial charge in [0.05, 0.1) is 20.0 Å². The number of carbonyl (C=O) groups is 2.